The molecule has 7 heteroatoms. The smallest absolute Gasteiger partial charge is 0.269 e. The molecule has 4 aromatic rings. The summed E-state index contributed by atoms with van der Waals surface area (Å²) in [5.74, 6) is 0.939. The zero-order chi connectivity index (χ0) is 24.8. The number of benzene rings is 2. The zero-order valence-corrected chi connectivity index (χ0v) is 20.8. The molecular weight excluding hydrogens is 450 g/mol. The van der Waals surface area contributed by atoms with Gasteiger partial charge >= 0.3 is 0 Å². The van der Waals surface area contributed by atoms with Crippen LogP contribution in [-0.4, -0.2) is 45.0 Å². The Hall–Kier alpha value is -3.71. The zero-order valence-electron chi connectivity index (χ0n) is 20.8. The molecule has 2 N–H and O–H groups in total. The van der Waals surface area contributed by atoms with E-state index in [1.54, 1.807) is 6.33 Å². The van der Waals surface area contributed by atoms with Crippen molar-refractivity contribution in [2.45, 2.75) is 45.6 Å². The van der Waals surface area contributed by atoms with Crippen molar-refractivity contribution in [2.75, 3.05) is 19.6 Å². The molecule has 2 aromatic carbocycles. The van der Waals surface area contributed by atoms with E-state index < -0.39 is 5.91 Å². The van der Waals surface area contributed by atoms with Crippen molar-refractivity contribution in [1.29, 1.82) is 0 Å². The lowest BCUT2D eigenvalue weighted by molar-refractivity contribution is 0.0993. The Labute approximate surface area is 210 Å². The second-order valence-electron chi connectivity index (χ2n) is 10.0. The first-order valence-corrected chi connectivity index (χ1v) is 12.7. The van der Waals surface area contributed by atoms with Crippen LogP contribution in [0.2, 0.25) is 0 Å². The number of nitrogens with two attached hydrogens (primary N) is 1. The average Bonchev–Trinajstić information content (AvgIpc) is 3.33. The third kappa shape index (κ3) is 3.93. The molecule has 0 atom stereocenters. The molecule has 2 aromatic heterocycles. The molecule has 0 unspecified atom stereocenters. The second kappa shape index (κ2) is 9.06. The third-order valence-corrected chi connectivity index (χ3v) is 7.80. The number of carbonyl (C=O) groups is 1. The summed E-state index contributed by atoms with van der Waals surface area (Å²) in [6.45, 7) is 7.65. The largest absolute Gasteiger partial charge is 0.485 e. The molecule has 184 valence electrons. The highest BCUT2D eigenvalue weighted by Crippen LogP contribution is 2.37. The highest BCUT2D eigenvalue weighted by Gasteiger charge is 2.27. The number of imidazole rings is 1. The van der Waals surface area contributed by atoms with E-state index >= 15 is 0 Å². The highest BCUT2D eigenvalue weighted by molar-refractivity contribution is 5.92. The van der Waals surface area contributed by atoms with E-state index in [1.165, 1.54) is 22.1 Å². The Morgan fingerprint density at radius 2 is 1.94 bits per heavy atom. The summed E-state index contributed by atoms with van der Waals surface area (Å²) in [5, 5.41) is 1.30. The maximum atomic E-state index is 11.7. The number of aryl methyl sites for hydroxylation is 2. The van der Waals surface area contributed by atoms with Crippen LogP contribution in [0.15, 0.2) is 48.8 Å². The number of likely N-dealkylation sites (tertiary alicyclic amines) is 1. The Morgan fingerprint density at radius 3 is 2.75 bits per heavy atom. The van der Waals surface area contributed by atoms with E-state index in [0.717, 1.165) is 61.5 Å². The molecule has 1 fully saturated rings. The molecule has 7 nitrogen and oxygen atoms in total. The maximum Gasteiger partial charge on any atom is 0.269 e. The van der Waals surface area contributed by atoms with Gasteiger partial charge in [0, 0.05) is 23.2 Å². The van der Waals surface area contributed by atoms with Crippen molar-refractivity contribution in [3.05, 3.63) is 82.6 Å². The molecule has 4 heterocycles. The van der Waals surface area contributed by atoms with Crippen molar-refractivity contribution < 1.29 is 9.53 Å². The SMILES string of the molecule is Cc1ccc2c(C3CCN(CCc4c(C)ccc5c4OCc4c(C(N)=O)ncn4-5)CC3)cccc2n1. The Morgan fingerprint density at radius 1 is 1.11 bits per heavy atom. The Balaban J connectivity index is 1.16. The summed E-state index contributed by atoms with van der Waals surface area (Å²) in [4.78, 5) is 23.2. The van der Waals surface area contributed by atoms with Gasteiger partial charge in [0.05, 0.1) is 16.9 Å². The monoisotopic (exact) mass is 481 g/mol. The van der Waals surface area contributed by atoms with Crippen LogP contribution in [0.3, 0.4) is 0 Å². The molecule has 0 aliphatic carbocycles. The molecule has 2 aliphatic heterocycles. The van der Waals surface area contributed by atoms with Crippen molar-refractivity contribution in [2.24, 2.45) is 5.73 Å². The molecule has 6 rings (SSSR count). The lowest BCUT2D eigenvalue weighted by Crippen LogP contribution is -2.34. The summed E-state index contributed by atoms with van der Waals surface area (Å²) in [5.41, 5.74) is 13.5. The van der Waals surface area contributed by atoms with Crippen LogP contribution < -0.4 is 10.5 Å². The summed E-state index contributed by atoms with van der Waals surface area (Å²) < 4.78 is 8.12. The molecule has 0 spiro atoms. The van der Waals surface area contributed by atoms with Gasteiger partial charge in [-0.3, -0.25) is 14.3 Å². The predicted molar refractivity (Wildman–Crippen MR) is 140 cm³/mol. The van der Waals surface area contributed by atoms with Gasteiger partial charge in [-0.15, -0.1) is 0 Å². The van der Waals surface area contributed by atoms with Gasteiger partial charge in [-0.2, -0.15) is 0 Å². The summed E-state index contributed by atoms with van der Waals surface area (Å²) >= 11 is 0. The summed E-state index contributed by atoms with van der Waals surface area (Å²) in [6.07, 6.45) is 4.90. The van der Waals surface area contributed by atoms with E-state index in [-0.39, 0.29) is 5.69 Å². The van der Waals surface area contributed by atoms with Gasteiger partial charge in [-0.05, 0) is 81.4 Å². The normalized spacial score (nSPS) is 15.9. The van der Waals surface area contributed by atoms with Crippen LogP contribution in [0.4, 0.5) is 0 Å². The molecule has 0 radical (unpaired) electrons. The number of rotatable bonds is 5. The van der Waals surface area contributed by atoms with Crippen LogP contribution in [0, 0.1) is 13.8 Å². The number of piperidine rings is 1. The fraction of sp³-hybridized carbons (Fsp3) is 0.345. The van der Waals surface area contributed by atoms with E-state index in [1.807, 2.05) is 17.6 Å². The van der Waals surface area contributed by atoms with Gasteiger partial charge in [0.25, 0.3) is 5.91 Å². The van der Waals surface area contributed by atoms with Gasteiger partial charge in [0.1, 0.15) is 18.7 Å². The lowest BCUT2D eigenvalue weighted by Gasteiger charge is -2.33. The Bertz CT molecular complexity index is 1470. The number of amides is 1. The molecule has 0 bridgehead atoms. The summed E-state index contributed by atoms with van der Waals surface area (Å²) in [7, 11) is 0. The number of aromatic nitrogens is 3. The van der Waals surface area contributed by atoms with E-state index in [9.17, 15) is 4.79 Å². The molecule has 2 aliphatic rings. The fourth-order valence-corrected chi connectivity index (χ4v) is 5.82. The first-order chi connectivity index (χ1) is 17.5. The predicted octanol–water partition coefficient (Wildman–Crippen LogP) is 4.45. The van der Waals surface area contributed by atoms with Crippen molar-refractivity contribution in [3.63, 3.8) is 0 Å². The van der Waals surface area contributed by atoms with Crippen molar-refractivity contribution >= 4 is 16.8 Å². The minimum atomic E-state index is -0.526. The van der Waals surface area contributed by atoms with Gasteiger partial charge in [-0.1, -0.05) is 24.3 Å². The number of fused-ring (bicyclic) bond motifs is 4. The standard InChI is InChI=1S/C29H31N5O2/c1-18-6-9-25-28(36-16-26-27(29(30)35)31-17-34(25)26)21(18)12-15-33-13-10-20(11-14-33)22-4-3-5-24-23(22)8-7-19(2)32-24/h3-9,17,20H,10-16H2,1-2H3,(H2,30,35). The van der Waals surface area contributed by atoms with Gasteiger partial charge in [-0.25, -0.2) is 4.98 Å². The van der Waals surface area contributed by atoms with E-state index in [2.05, 4.69) is 53.2 Å². The van der Waals surface area contributed by atoms with Gasteiger partial charge in [0.15, 0.2) is 5.69 Å². The number of hydrogen-bond donors (Lipinski definition) is 1. The summed E-state index contributed by atoms with van der Waals surface area (Å²) in [6, 6.07) is 15.1. The fourth-order valence-electron chi connectivity index (χ4n) is 5.82. The number of primary amides is 1. The second-order valence-corrected chi connectivity index (χ2v) is 10.0. The average molecular weight is 482 g/mol. The minimum absolute atomic E-state index is 0.280. The first-order valence-electron chi connectivity index (χ1n) is 12.7. The number of ether oxygens (including phenoxy) is 1. The maximum absolute atomic E-state index is 11.7. The van der Waals surface area contributed by atoms with Crippen LogP contribution in [0.5, 0.6) is 5.75 Å². The van der Waals surface area contributed by atoms with E-state index in [0.29, 0.717) is 18.2 Å². The van der Waals surface area contributed by atoms with Crippen molar-refractivity contribution in [1.82, 2.24) is 19.4 Å². The highest BCUT2D eigenvalue weighted by atomic mass is 16.5. The number of nitrogens with zero attached hydrogens (tertiary/aromatic N) is 4. The molecule has 36 heavy (non-hydrogen) atoms. The Kier molecular flexibility index (Phi) is 5.72. The number of hydrogen-bond acceptors (Lipinski definition) is 5. The molecule has 1 saturated heterocycles. The van der Waals surface area contributed by atoms with Crippen LogP contribution in [0.1, 0.15) is 57.3 Å². The van der Waals surface area contributed by atoms with E-state index in [4.69, 9.17) is 15.5 Å². The quantitative estimate of drug-likeness (QED) is 0.455. The van der Waals surface area contributed by atoms with Gasteiger partial charge < -0.3 is 15.4 Å². The van der Waals surface area contributed by atoms with Crippen LogP contribution in [-0.2, 0) is 13.0 Å². The minimum Gasteiger partial charge on any atom is -0.485 e. The lowest BCUT2D eigenvalue weighted by atomic mass is 9.87. The molecule has 1 amide bonds. The first kappa shape index (κ1) is 22.7. The topological polar surface area (TPSA) is 86.3 Å². The number of carbonyl (C=O) groups excluding carboxylic acids is 1. The molecular formula is C29H31N5O2. The van der Waals surface area contributed by atoms with Crippen molar-refractivity contribution in [3.8, 4) is 11.4 Å². The number of pyridine rings is 1. The third-order valence-electron chi connectivity index (χ3n) is 7.80. The van der Waals surface area contributed by atoms with Crippen LogP contribution >= 0.6 is 0 Å². The van der Waals surface area contributed by atoms with Gasteiger partial charge in [0.2, 0.25) is 0 Å². The molecule has 0 saturated carbocycles. The van der Waals surface area contributed by atoms with Crippen LogP contribution in [0.25, 0.3) is 16.6 Å².